The van der Waals surface area contributed by atoms with Crippen molar-refractivity contribution in [1.82, 2.24) is 5.32 Å². The maximum atomic E-state index is 3.55. The zero-order valence-corrected chi connectivity index (χ0v) is 12.2. The van der Waals surface area contributed by atoms with Gasteiger partial charge in [-0.25, -0.2) is 0 Å². The van der Waals surface area contributed by atoms with E-state index >= 15 is 0 Å². The Labute approximate surface area is 117 Å². The van der Waals surface area contributed by atoms with Crippen LogP contribution in [0.3, 0.4) is 0 Å². The molecule has 0 spiro atoms. The number of hydrogen-bond donors (Lipinski definition) is 1. The van der Waals surface area contributed by atoms with Crippen molar-refractivity contribution in [3.05, 3.63) is 35.4 Å². The molecule has 2 aliphatic carbocycles. The predicted octanol–water partition coefficient (Wildman–Crippen LogP) is 4.45. The lowest BCUT2D eigenvalue weighted by molar-refractivity contribution is 0.417. The third-order valence-electron chi connectivity index (χ3n) is 5.23. The summed E-state index contributed by atoms with van der Waals surface area (Å²) in [5.74, 6) is 2.53. The fourth-order valence-electron chi connectivity index (χ4n) is 3.83. The van der Waals surface area contributed by atoms with Crippen molar-refractivity contribution >= 4 is 0 Å². The van der Waals surface area contributed by atoms with Crippen LogP contribution in [0, 0.1) is 5.92 Å². The Morgan fingerprint density at radius 1 is 1.05 bits per heavy atom. The van der Waals surface area contributed by atoms with Gasteiger partial charge in [0.1, 0.15) is 0 Å². The summed E-state index contributed by atoms with van der Waals surface area (Å²) in [4.78, 5) is 0. The lowest BCUT2D eigenvalue weighted by Gasteiger charge is -2.27. The van der Waals surface area contributed by atoms with E-state index in [9.17, 15) is 0 Å². The van der Waals surface area contributed by atoms with Gasteiger partial charge in [-0.3, -0.25) is 0 Å². The van der Waals surface area contributed by atoms with E-state index < -0.39 is 0 Å². The van der Waals surface area contributed by atoms with E-state index in [1.807, 2.05) is 0 Å². The first-order valence-corrected chi connectivity index (χ1v) is 8.19. The molecular weight excluding hydrogens is 230 g/mol. The van der Waals surface area contributed by atoms with Crippen molar-refractivity contribution in [2.75, 3.05) is 13.1 Å². The van der Waals surface area contributed by atoms with Crippen molar-refractivity contribution < 1.29 is 0 Å². The maximum absolute atomic E-state index is 3.55. The third kappa shape index (κ3) is 2.86. The van der Waals surface area contributed by atoms with Crippen LogP contribution in [0.1, 0.15) is 68.4 Å². The molecule has 2 atom stereocenters. The second-order valence-electron chi connectivity index (χ2n) is 6.40. The van der Waals surface area contributed by atoms with Gasteiger partial charge in [0.2, 0.25) is 0 Å². The second-order valence-corrected chi connectivity index (χ2v) is 6.40. The van der Waals surface area contributed by atoms with Crippen molar-refractivity contribution in [2.45, 2.75) is 57.3 Å². The number of nitrogens with one attached hydrogen (secondary N) is 1. The second kappa shape index (κ2) is 6.09. The summed E-state index contributed by atoms with van der Waals surface area (Å²) in [5.41, 5.74) is 3.22. The minimum absolute atomic E-state index is 0.805. The van der Waals surface area contributed by atoms with Crippen molar-refractivity contribution in [3.8, 4) is 0 Å². The third-order valence-corrected chi connectivity index (χ3v) is 5.23. The Morgan fingerprint density at radius 3 is 2.58 bits per heavy atom. The van der Waals surface area contributed by atoms with E-state index in [0.29, 0.717) is 0 Å². The standard InChI is InChI=1S/C18H27N/c1-2-19-13-17-10-5-11-18(17)16-9-4-8-15(12-16)14-6-3-7-14/h4,8-9,12,14,17-19H,2-3,5-7,10-11,13H2,1H3. The smallest absolute Gasteiger partial charge is 0.00148 e. The molecule has 0 amide bonds. The summed E-state index contributed by atoms with van der Waals surface area (Å²) in [6.07, 6.45) is 8.47. The quantitative estimate of drug-likeness (QED) is 0.822. The normalized spacial score (nSPS) is 27.4. The van der Waals surface area contributed by atoms with E-state index in [0.717, 1.165) is 24.3 Å². The molecule has 0 radical (unpaired) electrons. The highest BCUT2D eigenvalue weighted by Gasteiger charge is 2.29. The predicted molar refractivity (Wildman–Crippen MR) is 81.7 cm³/mol. The van der Waals surface area contributed by atoms with E-state index in [4.69, 9.17) is 0 Å². The topological polar surface area (TPSA) is 12.0 Å². The van der Waals surface area contributed by atoms with Gasteiger partial charge in [-0.1, -0.05) is 44.0 Å². The van der Waals surface area contributed by atoms with Gasteiger partial charge in [-0.15, -0.1) is 0 Å². The van der Waals surface area contributed by atoms with Crippen LogP contribution >= 0.6 is 0 Å². The van der Waals surface area contributed by atoms with Crippen LogP contribution in [-0.4, -0.2) is 13.1 Å². The molecule has 2 unspecified atom stereocenters. The molecule has 19 heavy (non-hydrogen) atoms. The molecule has 1 heteroatoms. The van der Waals surface area contributed by atoms with Gasteiger partial charge in [0, 0.05) is 0 Å². The Hall–Kier alpha value is -0.820. The summed E-state index contributed by atoms with van der Waals surface area (Å²) < 4.78 is 0. The highest BCUT2D eigenvalue weighted by atomic mass is 14.8. The van der Waals surface area contributed by atoms with Gasteiger partial charge < -0.3 is 5.32 Å². The summed E-state index contributed by atoms with van der Waals surface area (Å²) in [6.45, 7) is 4.52. The largest absolute Gasteiger partial charge is 0.317 e. The highest BCUT2D eigenvalue weighted by molar-refractivity contribution is 5.31. The van der Waals surface area contributed by atoms with Gasteiger partial charge in [0.25, 0.3) is 0 Å². The number of rotatable bonds is 5. The average Bonchev–Trinajstić information content (AvgIpc) is 2.83. The lowest BCUT2D eigenvalue weighted by atomic mass is 9.78. The van der Waals surface area contributed by atoms with Crippen LogP contribution in [-0.2, 0) is 0 Å². The molecule has 2 aliphatic rings. The number of benzene rings is 1. The molecule has 1 aromatic rings. The molecule has 104 valence electrons. The summed E-state index contributed by atoms with van der Waals surface area (Å²) in [6, 6.07) is 9.54. The SMILES string of the molecule is CCNCC1CCCC1c1cccc(C2CCC2)c1. The van der Waals surface area contributed by atoms with Crippen LogP contribution < -0.4 is 5.32 Å². The van der Waals surface area contributed by atoms with Gasteiger partial charge >= 0.3 is 0 Å². The molecule has 0 aliphatic heterocycles. The highest BCUT2D eigenvalue weighted by Crippen LogP contribution is 2.42. The molecule has 1 nitrogen and oxygen atoms in total. The van der Waals surface area contributed by atoms with Crippen LogP contribution in [0.25, 0.3) is 0 Å². The fraction of sp³-hybridized carbons (Fsp3) is 0.667. The molecule has 0 heterocycles. The van der Waals surface area contributed by atoms with E-state index in [1.54, 1.807) is 11.1 Å². The molecule has 3 rings (SSSR count). The zero-order valence-electron chi connectivity index (χ0n) is 12.2. The first kappa shape index (κ1) is 13.2. The van der Waals surface area contributed by atoms with Crippen molar-refractivity contribution in [2.24, 2.45) is 5.92 Å². The lowest BCUT2D eigenvalue weighted by Crippen LogP contribution is -2.24. The van der Waals surface area contributed by atoms with Crippen LogP contribution in [0.5, 0.6) is 0 Å². The maximum Gasteiger partial charge on any atom is -0.00148 e. The van der Waals surface area contributed by atoms with Crippen LogP contribution in [0.15, 0.2) is 24.3 Å². The minimum Gasteiger partial charge on any atom is -0.317 e. The summed E-state index contributed by atoms with van der Waals surface area (Å²) in [5, 5.41) is 3.55. The molecule has 0 aromatic heterocycles. The summed E-state index contributed by atoms with van der Waals surface area (Å²) in [7, 11) is 0. The van der Waals surface area contributed by atoms with Gasteiger partial charge in [-0.05, 0) is 67.7 Å². The molecule has 2 saturated carbocycles. The molecule has 0 saturated heterocycles. The van der Waals surface area contributed by atoms with E-state index in [1.165, 1.54) is 45.1 Å². The Balaban J connectivity index is 1.72. The van der Waals surface area contributed by atoms with E-state index in [-0.39, 0.29) is 0 Å². The van der Waals surface area contributed by atoms with E-state index in [2.05, 4.69) is 36.5 Å². The molecule has 1 N–H and O–H groups in total. The Bertz CT molecular complexity index is 408. The monoisotopic (exact) mass is 257 g/mol. The molecule has 2 fully saturated rings. The van der Waals surface area contributed by atoms with Gasteiger partial charge in [0.05, 0.1) is 0 Å². The zero-order chi connectivity index (χ0) is 13.1. The average molecular weight is 257 g/mol. The fourth-order valence-corrected chi connectivity index (χ4v) is 3.83. The van der Waals surface area contributed by atoms with Gasteiger partial charge in [-0.2, -0.15) is 0 Å². The van der Waals surface area contributed by atoms with Gasteiger partial charge in [0.15, 0.2) is 0 Å². The Morgan fingerprint density at radius 2 is 1.84 bits per heavy atom. The van der Waals surface area contributed by atoms with Crippen molar-refractivity contribution in [3.63, 3.8) is 0 Å². The minimum atomic E-state index is 0.805. The van der Waals surface area contributed by atoms with Crippen LogP contribution in [0.4, 0.5) is 0 Å². The van der Waals surface area contributed by atoms with Crippen molar-refractivity contribution in [1.29, 1.82) is 0 Å². The Kier molecular flexibility index (Phi) is 4.22. The first-order chi connectivity index (χ1) is 9.38. The molecule has 0 bridgehead atoms. The number of hydrogen-bond acceptors (Lipinski definition) is 1. The van der Waals surface area contributed by atoms with Crippen LogP contribution in [0.2, 0.25) is 0 Å². The molecular formula is C18H27N. The molecule has 1 aromatic carbocycles. The first-order valence-electron chi connectivity index (χ1n) is 8.19. The summed E-state index contributed by atoms with van der Waals surface area (Å²) >= 11 is 0.